The van der Waals surface area contributed by atoms with E-state index in [0.717, 1.165) is 5.56 Å². The van der Waals surface area contributed by atoms with Gasteiger partial charge in [-0.05, 0) is 12.5 Å². The predicted molar refractivity (Wildman–Crippen MR) is 44.3 cm³/mol. The third kappa shape index (κ3) is 2.83. The van der Waals surface area contributed by atoms with E-state index in [1.165, 1.54) is 0 Å². The van der Waals surface area contributed by atoms with Crippen LogP contribution in [0.3, 0.4) is 0 Å². The Morgan fingerprint density at radius 2 is 2.46 bits per heavy atom. The molecule has 0 fully saturated rings. The Balaban J connectivity index is 2.69. The Morgan fingerprint density at radius 1 is 1.77 bits per heavy atom. The molecule has 0 amide bonds. The van der Waals surface area contributed by atoms with Gasteiger partial charge in [-0.2, -0.15) is 0 Å². The summed E-state index contributed by atoms with van der Waals surface area (Å²) in [5.74, 6) is -1.22. The van der Waals surface area contributed by atoms with Crippen molar-refractivity contribution < 1.29 is 14.5 Å². The molecule has 0 aromatic carbocycles. The number of aromatic nitrogens is 1. The summed E-state index contributed by atoms with van der Waals surface area (Å²) < 4.78 is 1.84. The highest BCUT2D eigenvalue weighted by Crippen LogP contribution is 1.97. The maximum absolute atomic E-state index is 10.3. The van der Waals surface area contributed by atoms with Crippen LogP contribution in [0.15, 0.2) is 24.5 Å². The quantitative estimate of drug-likeness (QED) is 0.554. The van der Waals surface area contributed by atoms with Gasteiger partial charge in [0.25, 0.3) is 0 Å². The molecule has 0 saturated heterocycles. The van der Waals surface area contributed by atoms with Crippen LogP contribution in [0.5, 0.6) is 0 Å². The maximum Gasteiger partial charge on any atom is 0.171 e. The van der Waals surface area contributed by atoms with Crippen molar-refractivity contribution in [2.45, 2.75) is 12.5 Å². The molecule has 1 heterocycles. The highest BCUT2D eigenvalue weighted by atomic mass is 16.4. The highest BCUT2D eigenvalue weighted by Gasteiger charge is 2.06. The Morgan fingerprint density at radius 3 is 3.00 bits per heavy atom. The lowest BCUT2D eigenvalue weighted by molar-refractivity contribution is -0.671. The first-order valence-electron chi connectivity index (χ1n) is 4.00. The van der Waals surface area contributed by atoms with E-state index in [2.05, 4.69) is 0 Å². The number of nitrogens with zero attached hydrogens (tertiary/aromatic N) is 1. The van der Waals surface area contributed by atoms with Crippen molar-refractivity contribution >= 4 is 5.97 Å². The van der Waals surface area contributed by atoms with Crippen molar-refractivity contribution in [3.8, 4) is 0 Å². The van der Waals surface area contributed by atoms with Crippen LogP contribution in [0.4, 0.5) is 0 Å². The lowest BCUT2D eigenvalue weighted by Gasteiger charge is -2.10. The Bertz CT molecular complexity index is 312. The molecule has 1 rings (SSSR count). The predicted octanol–water partition coefficient (Wildman–Crippen LogP) is -1.87. The van der Waals surface area contributed by atoms with E-state index >= 15 is 0 Å². The van der Waals surface area contributed by atoms with Gasteiger partial charge in [0.15, 0.2) is 12.4 Å². The largest absolute Gasteiger partial charge is 0.548 e. The summed E-state index contributed by atoms with van der Waals surface area (Å²) in [6.45, 7) is 0. The number of hydrogen-bond donors (Lipinski definition) is 1. The first-order chi connectivity index (χ1) is 6.09. The summed E-state index contributed by atoms with van der Waals surface area (Å²) >= 11 is 0. The molecule has 1 aromatic rings. The molecule has 4 heteroatoms. The standard InChI is InChI=1S/C9H12N2O2/c1-11-4-2-3-7(6-11)5-8(10)9(12)13/h2-4,6,8H,5,10H2,1H3/t8-/m0/s1. The smallest absolute Gasteiger partial charge is 0.171 e. The van der Waals surface area contributed by atoms with Gasteiger partial charge in [0, 0.05) is 17.7 Å². The normalized spacial score (nSPS) is 12.5. The van der Waals surface area contributed by atoms with Gasteiger partial charge in [-0.25, -0.2) is 4.57 Å². The number of aliphatic carboxylic acids is 1. The molecule has 2 N–H and O–H groups in total. The zero-order valence-electron chi connectivity index (χ0n) is 7.43. The molecule has 0 aliphatic rings. The number of nitrogens with two attached hydrogens (primary N) is 1. The van der Waals surface area contributed by atoms with Gasteiger partial charge >= 0.3 is 0 Å². The second-order valence-electron chi connectivity index (χ2n) is 3.01. The Labute approximate surface area is 76.6 Å². The number of carboxylic acid groups (broad SMARTS) is 1. The lowest BCUT2D eigenvalue weighted by atomic mass is 10.1. The van der Waals surface area contributed by atoms with Crippen LogP contribution in [0, 0.1) is 0 Å². The molecule has 0 radical (unpaired) electrons. The fourth-order valence-corrected chi connectivity index (χ4v) is 1.11. The molecule has 1 atom stereocenters. The summed E-state index contributed by atoms with van der Waals surface area (Å²) in [4.78, 5) is 10.3. The molecule has 0 bridgehead atoms. The van der Waals surface area contributed by atoms with Crippen LogP contribution in [0.2, 0.25) is 0 Å². The average molecular weight is 180 g/mol. The molecule has 0 aliphatic carbocycles. The number of aryl methyl sites for hydroxylation is 1. The van der Waals surface area contributed by atoms with Gasteiger partial charge in [0.05, 0.1) is 5.97 Å². The van der Waals surface area contributed by atoms with Crippen molar-refractivity contribution in [2.24, 2.45) is 12.8 Å². The molecule has 4 nitrogen and oxygen atoms in total. The third-order valence-corrected chi connectivity index (χ3v) is 1.76. The summed E-state index contributed by atoms with van der Waals surface area (Å²) in [6, 6.07) is 2.75. The molecule has 0 saturated carbocycles. The summed E-state index contributed by atoms with van der Waals surface area (Å²) in [7, 11) is 1.87. The van der Waals surface area contributed by atoms with E-state index in [4.69, 9.17) is 5.73 Å². The molecule has 0 spiro atoms. The molecule has 1 aromatic heterocycles. The van der Waals surface area contributed by atoms with Crippen molar-refractivity contribution in [2.75, 3.05) is 0 Å². The zero-order chi connectivity index (χ0) is 9.84. The van der Waals surface area contributed by atoms with Gasteiger partial charge in [-0.1, -0.05) is 0 Å². The van der Waals surface area contributed by atoms with Crippen molar-refractivity contribution in [1.82, 2.24) is 0 Å². The van der Waals surface area contributed by atoms with E-state index in [0.29, 0.717) is 6.42 Å². The van der Waals surface area contributed by atoms with Crippen molar-refractivity contribution in [3.63, 3.8) is 0 Å². The number of carbonyl (C=O) groups excluding carboxylic acids is 1. The van der Waals surface area contributed by atoms with Gasteiger partial charge in [-0.15, -0.1) is 0 Å². The maximum atomic E-state index is 10.3. The van der Waals surface area contributed by atoms with Gasteiger partial charge in [-0.3, -0.25) is 0 Å². The average Bonchev–Trinajstić information content (AvgIpc) is 2.04. The molecular formula is C9H12N2O2. The SMILES string of the molecule is C[n+]1cccc(C[C@H](N)C(=O)[O-])c1. The Kier molecular flexibility index (Phi) is 2.97. The number of carbonyl (C=O) groups is 1. The van der Waals surface area contributed by atoms with Crippen LogP contribution >= 0.6 is 0 Å². The molecule has 0 unspecified atom stereocenters. The van der Waals surface area contributed by atoms with E-state index < -0.39 is 12.0 Å². The minimum Gasteiger partial charge on any atom is -0.548 e. The molecule has 13 heavy (non-hydrogen) atoms. The highest BCUT2D eigenvalue weighted by molar-refractivity contribution is 5.71. The third-order valence-electron chi connectivity index (χ3n) is 1.76. The molecule has 70 valence electrons. The first kappa shape index (κ1) is 9.67. The summed E-state index contributed by atoms with van der Waals surface area (Å²) in [5.41, 5.74) is 6.22. The van der Waals surface area contributed by atoms with Gasteiger partial charge in [0.2, 0.25) is 0 Å². The minimum absolute atomic E-state index is 0.303. The first-order valence-corrected chi connectivity index (χ1v) is 4.00. The summed E-state index contributed by atoms with van der Waals surface area (Å²) in [5, 5.41) is 10.3. The van der Waals surface area contributed by atoms with Gasteiger partial charge in [0.1, 0.15) is 7.05 Å². The van der Waals surface area contributed by atoms with Crippen LogP contribution in [-0.2, 0) is 18.3 Å². The van der Waals surface area contributed by atoms with E-state index in [1.807, 2.05) is 36.1 Å². The monoisotopic (exact) mass is 180 g/mol. The fraction of sp³-hybridized carbons (Fsp3) is 0.333. The number of carboxylic acids is 1. The number of rotatable bonds is 3. The fourth-order valence-electron chi connectivity index (χ4n) is 1.11. The van der Waals surface area contributed by atoms with E-state index in [1.54, 1.807) is 0 Å². The van der Waals surface area contributed by atoms with Crippen LogP contribution in [-0.4, -0.2) is 12.0 Å². The summed E-state index contributed by atoms with van der Waals surface area (Å²) in [6.07, 6.45) is 4.01. The minimum atomic E-state index is -1.22. The number of pyridine rings is 1. The second-order valence-corrected chi connectivity index (χ2v) is 3.01. The van der Waals surface area contributed by atoms with Crippen LogP contribution in [0.1, 0.15) is 5.56 Å². The lowest BCUT2D eigenvalue weighted by Crippen LogP contribution is -2.43. The van der Waals surface area contributed by atoms with Crippen LogP contribution in [0.25, 0.3) is 0 Å². The van der Waals surface area contributed by atoms with E-state index in [9.17, 15) is 9.90 Å². The van der Waals surface area contributed by atoms with E-state index in [-0.39, 0.29) is 0 Å². The topological polar surface area (TPSA) is 70.0 Å². The van der Waals surface area contributed by atoms with Crippen molar-refractivity contribution in [1.29, 1.82) is 0 Å². The van der Waals surface area contributed by atoms with Crippen molar-refractivity contribution in [3.05, 3.63) is 30.1 Å². The molecular weight excluding hydrogens is 168 g/mol. The molecule has 0 aliphatic heterocycles. The second kappa shape index (κ2) is 4.00. The Hall–Kier alpha value is -1.42. The zero-order valence-corrected chi connectivity index (χ0v) is 7.43. The number of hydrogen-bond acceptors (Lipinski definition) is 3. The van der Waals surface area contributed by atoms with Gasteiger partial charge < -0.3 is 15.6 Å². The van der Waals surface area contributed by atoms with Crippen LogP contribution < -0.4 is 15.4 Å².